The van der Waals surface area contributed by atoms with E-state index in [1.165, 1.54) is 13.8 Å². The lowest BCUT2D eigenvalue weighted by molar-refractivity contribution is -0.133. The van der Waals surface area contributed by atoms with Crippen LogP contribution in [0.5, 0.6) is 0 Å². The van der Waals surface area contributed by atoms with Gasteiger partial charge in [0.25, 0.3) is 5.91 Å². The van der Waals surface area contributed by atoms with Gasteiger partial charge in [-0.2, -0.15) is 0 Å². The summed E-state index contributed by atoms with van der Waals surface area (Å²) in [6.45, 7) is 4.76. The molecule has 0 radical (unpaired) electrons. The Balaban J connectivity index is 2.22. The molecule has 0 unspecified atom stereocenters. The zero-order valence-corrected chi connectivity index (χ0v) is 12.2. The van der Waals surface area contributed by atoms with Gasteiger partial charge in [-0.25, -0.2) is 9.78 Å². The maximum Gasteiger partial charge on any atom is 0.331 e. The predicted molar refractivity (Wildman–Crippen MR) is 80.3 cm³/mol. The number of anilines is 2. The third kappa shape index (κ3) is 3.39. The van der Waals surface area contributed by atoms with Crippen molar-refractivity contribution in [2.75, 3.05) is 23.3 Å². The third-order valence-electron chi connectivity index (χ3n) is 3.66. The summed E-state index contributed by atoms with van der Waals surface area (Å²) in [6, 6.07) is 3.53. The van der Waals surface area contributed by atoms with Gasteiger partial charge in [0.15, 0.2) is 5.82 Å². The van der Waals surface area contributed by atoms with Crippen molar-refractivity contribution in [3.8, 4) is 0 Å². The lowest BCUT2D eigenvalue weighted by Gasteiger charge is -2.20. The molecule has 112 valence electrons. The fourth-order valence-corrected chi connectivity index (χ4v) is 2.22. The molecule has 0 spiro atoms. The van der Waals surface area contributed by atoms with Gasteiger partial charge in [0, 0.05) is 30.4 Å². The van der Waals surface area contributed by atoms with Gasteiger partial charge in [0.1, 0.15) is 0 Å². The molecule has 1 aromatic heterocycles. The Hall–Kier alpha value is -2.37. The summed E-state index contributed by atoms with van der Waals surface area (Å²) in [4.78, 5) is 29.5. The molecule has 1 aliphatic heterocycles. The van der Waals surface area contributed by atoms with Gasteiger partial charge < -0.3 is 15.3 Å². The van der Waals surface area contributed by atoms with Crippen molar-refractivity contribution in [1.29, 1.82) is 0 Å². The first-order chi connectivity index (χ1) is 10.0. The van der Waals surface area contributed by atoms with Gasteiger partial charge in [0.2, 0.25) is 0 Å². The normalized spacial score (nSPS) is 15.6. The Kier molecular flexibility index (Phi) is 4.57. The minimum atomic E-state index is -1.09. The fraction of sp³-hybridized carbons (Fsp3) is 0.400. The van der Waals surface area contributed by atoms with Gasteiger partial charge in [-0.15, -0.1) is 0 Å². The van der Waals surface area contributed by atoms with Gasteiger partial charge in [-0.3, -0.25) is 4.79 Å². The lowest BCUT2D eigenvalue weighted by Crippen LogP contribution is -2.23. The maximum absolute atomic E-state index is 12.1. The van der Waals surface area contributed by atoms with Crippen molar-refractivity contribution in [1.82, 2.24) is 4.98 Å². The minimum Gasteiger partial charge on any atom is -0.478 e. The van der Waals surface area contributed by atoms with Crippen LogP contribution < -0.4 is 10.2 Å². The molecule has 1 aliphatic rings. The Labute approximate surface area is 123 Å². The molecule has 2 heterocycles. The number of aromatic nitrogens is 1. The van der Waals surface area contributed by atoms with E-state index in [4.69, 9.17) is 5.11 Å². The summed E-state index contributed by atoms with van der Waals surface area (Å²) in [5, 5.41) is 11.7. The first-order valence-corrected chi connectivity index (χ1v) is 6.93. The predicted octanol–water partition coefficient (Wildman–Crippen LogP) is 2.04. The van der Waals surface area contributed by atoms with E-state index in [2.05, 4.69) is 15.2 Å². The van der Waals surface area contributed by atoms with E-state index >= 15 is 0 Å². The molecule has 1 aromatic rings. The highest BCUT2D eigenvalue weighted by Gasteiger charge is 2.19. The minimum absolute atomic E-state index is 0.0408. The topological polar surface area (TPSA) is 82.5 Å². The molecular formula is C15H19N3O3. The molecule has 6 heteroatoms. The molecule has 1 fully saturated rings. The van der Waals surface area contributed by atoms with Crippen molar-refractivity contribution in [3.05, 3.63) is 29.5 Å². The van der Waals surface area contributed by atoms with Gasteiger partial charge in [0.05, 0.1) is 5.69 Å². The van der Waals surface area contributed by atoms with Crippen LogP contribution in [-0.4, -0.2) is 35.1 Å². The molecule has 21 heavy (non-hydrogen) atoms. The van der Waals surface area contributed by atoms with Crippen molar-refractivity contribution in [2.45, 2.75) is 26.7 Å². The molecule has 0 saturated carbocycles. The van der Waals surface area contributed by atoms with Crippen molar-refractivity contribution < 1.29 is 14.7 Å². The van der Waals surface area contributed by atoms with Crippen molar-refractivity contribution in [3.63, 3.8) is 0 Å². The smallest absolute Gasteiger partial charge is 0.331 e. The number of amides is 1. The molecule has 0 aromatic carbocycles. The number of carbonyl (C=O) groups excluding carboxylic acids is 1. The summed E-state index contributed by atoms with van der Waals surface area (Å²) in [5.41, 5.74) is 0.847. The van der Waals surface area contributed by atoms with Crippen LogP contribution in [0.25, 0.3) is 0 Å². The first-order valence-electron chi connectivity index (χ1n) is 6.93. The number of hydrogen-bond acceptors (Lipinski definition) is 4. The zero-order valence-electron chi connectivity index (χ0n) is 12.2. The number of pyridine rings is 1. The average Bonchev–Trinajstić information content (AvgIpc) is 3.00. The number of carboxylic acids is 1. The van der Waals surface area contributed by atoms with Crippen LogP contribution in [0.4, 0.5) is 11.5 Å². The number of rotatable bonds is 4. The number of nitrogens with one attached hydrogen (secondary N) is 1. The second kappa shape index (κ2) is 6.39. The zero-order chi connectivity index (χ0) is 15.4. The molecule has 2 N–H and O–H groups in total. The van der Waals surface area contributed by atoms with E-state index in [-0.39, 0.29) is 11.1 Å². The Bertz CT molecular complexity index is 590. The second-order valence-corrected chi connectivity index (χ2v) is 5.08. The number of nitrogens with zero attached hydrogens (tertiary/aromatic N) is 2. The quantitative estimate of drug-likeness (QED) is 0.829. The van der Waals surface area contributed by atoms with E-state index in [0.717, 1.165) is 31.7 Å². The lowest BCUT2D eigenvalue weighted by atomic mass is 10.1. The summed E-state index contributed by atoms with van der Waals surface area (Å²) >= 11 is 0. The average molecular weight is 289 g/mol. The molecule has 1 saturated heterocycles. The van der Waals surface area contributed by atoms with E-state index in [9.17, 15) is 9.59 Å². The largest absolute Gasteiger partial charge is 0.478 e. The number of carbonyl (C=O) groups is 2. The SMILES string of the molecule is CC(C(=O)O)=C(C)C(=O)Nc1cccnc1N1CCCC1. The van der Waals surface area contributed by atoms with Crippen LogP contribution in [0.2, 0.25) is 0 Å². The summed E-state index contributed by atoms with van der Waals surface area (Å²) in [5.74, 6) is -0.763. The fourth-order valence-electron chi connectivity index (χ4n) is 2.22. The Morgan fingerprint density at radius 2 is 1.90 bits per heavy atom. The molecule has 0 atom stereocenters. The first kappa shape index (κ1) is 15.0. The molecule has 0 aliphatic carbocycles. The van der Waals surface area contributed by atoms with Gasteiger partial charge in [-0.1, -0.05) is 0 Å². The monoisotopic (exact) mass is 289 g/mol. The van der Waals surface area contributed by atoms with Crippen LogP contribution in [0, 0.1) is 0 Å². The van der Waals surface area contributed by atoms with Crippen LogP contribution in [-0.2, 0) is 9.59 Å². The molecular weight excluding hydrogens is 270 g/mol. The van der Waals surface area contributed by atoms with Crippen LogP contribution in [0.15, 0.2) is 29.5 Å². The number of carboxylic acid groups (broad SMARTS) is 1. The van der Waals surface area contributed by atoms with Crippen LogP contribution >= 0.6 is 0 Å². The van der Waals surface area contributed by atoms with Gasteiger partial charge >= 0.3 is 5.97 Å². The van der Waals surface area contributed by atoms with E-state index < -0.39 is 11.9 Å². The molecule has 0 bridgehead atoms. The van der Waals surface area contributed by atoms with Crippen molar-refractivity contribution in [2.24, 2.45) is 0 Å². The number of hydrogen-bond donors (Lipinski definition) is 2. The molecule has 6 nitrogen and oxygen atoms in total. The third-order valence-corrected chi connectivity index (χ3v) is 3.66. The molecule has 2 rings (SSSR count). The van der Waals surface area contributed by atoms with Crippen LogP contribution in [0.1, 0.15) is 26.7 Å². The highest BCUT2D eigenvalue weighted by Crippen LogP contribution is 2.26. The standard InChI is InChI=1S/C15H19N3O3/c1-10(11(2)15(20)21)14(19)17-12-6-5-7-16-13(12)18-8-3-4-9-18/h5-7H,3-4,8-9H2,1-2H3,(H,17,19)(H,20,21). The second-order valence-electron chi connectivity index (χ2n) is 5.08. The van der Waals surface area contributed by atoms with Gasteiger partial charge in [-0.05, 0) is 38.8 Å². The Morgan fingerprint density at radius 3 is 2.52 bits per heavy atom. The van der Waals surface area contributed by atoms with E-state index in [1.807, 2.05) is 0 Å². The van der Waals surface area contributed by atoms with E-state index in [0.29, 0.717) is 5.69 Å². The van der Waals surface area contributed by atoms with Crippen molar-refractivity contribution >= 4 is 23.4 Å². The number of aliphatic carboxylic acids is 1. The summed E-state index contributed by atoms with van der Waals surface area (Å²) in [6.07, 6.45) is 3.91. The maximum atomic E-state index is 12.1. The summed E-state index contributed by atoms with van der Waals surface area (Å²) < 4.78 is 0. The summed E-state index contributed by atoms with van der Waals surface area (Å²) in [7, 11) is 0. The molecule has 1 amide bonds. The Morgan fingerprint density at radius 1 is 1.24 bits per heavy atom. The van der Waals surface area contributed by atoms with E-state index in [1.54, 1.807) is 18.3 Å². The highest BCUT2D eigenvalue weighted by atomic mass is 16.4. The highest BCUT2D eigenvalue weighted by molar-refractivity contribution is 6.09. The van der Waals surface area contributed by atoms with Crippen LogP contribution in [0.3, 0.4) is 0 Å².